The Morgan fingerprint density at radius 3 is 2.82 bits per heavy atom. The van der Waals surface area contributed by atoms with E-state index in [1.54, 1.807) is 6.92 Å². The van der Waals surface area contributed by atoms with Gasteiger partial charge in [-0.3, -0.25) is 9.59 Å². The first-order valence-corrected chi connectivity index (χ1v) is 6.25. The summed E-state index contributed by atoms with van der Waals surface area (Å²) in [4.78, 5) is 24.9. The topological polar surface area (TPSA) is 58.6 Å². The summed E-state index contributed by atoms with van der Waals surface area (Å²) in [6.45, 7) is 4.58. The molecule has 0 aromatic rings. The van der Waals surface area contributed by atoms with Crippen LogP contribution >= 0.6 is 0 Å². The van der Waals surface area contributed by atoms with E-state index < -0.39 is 0 Å². The SMILES string of the molecule is CCOC(=O)CCCNC(=O)C1CCN(C)C1. The van der Waals surface area contributed by atoms with E-state index in [1.165, 1.54) is 0 Å². The number of esters is 1. The quantitative estimate of drug-likeness (QED) is 0.541. The van der Waals surface area contributed by atoms with Crippen molar-refractivity contribution in [1.29, 1.82) is 0 Å². The van der Waals surface area contributed by atoms with Gasteiger partial charge < -0.3 is 15.0 Å². The van der Waals surface area contributed by atoms with Crippen LogP contribution in [0.3, 0.4) is 0 Å². The van der Waals surface area contributed by atoms with E-state index in [-0.39, 0.29) is 17.8 Å². The number of carbonyl (C=O) groups excluding carboxylic acids is 2. The average Bonchev–Trinajstić information content (AvgIpc) is 2.71. The minimum atomic E-state index is -0.192. The second kappa shape index (κ2) is 7.27. The maximum Gasteiger partial charge on any atom is 0.305 e. The minimum absolute atomic E-state index is 0.109. The van der Waals surface area contributed by atoms with Gasteiger partial charge in [0.1, 0.15) is 0 Å². The number of ether oxygens (including phenoxy) is 1. The van der Waals surface area contributed by atoms with E-state index in [1.807, 2.05) is 7.05 Å². The van der Waals surface area contributed by atoms with Crippen LogP contribution in [0.25, 0.3) is 0 Å². The molecule has 5 heteroatoms. The van der Waals surface area contributed by atoms with Gasteiger partial charge in [-0.2, -0.15) is 0 Å². The average molecular weight is 242 g/mol. The zero-order chi connectivity index (χ0) is 12.7. The number of likely N-dealkylation sites (tertiary alicyclic amines) is 1. The molecule has 1 amide bonds. The lowest BCUT2D eigenvalue weighted by Gasteiger charge is -2.11. The monoisotopic (exact) mass is 242 g/mol. The highest BCUT2D eigenvalue weighted by Gasteiger charge is 2.25. The summed E-state index contributed by atoms with van der Waals surface area (Å²) in [5.41, 5.74) is 0. The van der Waals surface area contributed by atoms with Crippen LogP contribution in [0.4, 0.5) is 0 Å². The summed E-state index contributed by atoms with van der Waals surface area (Å²) >= 11 is 0. The van der Waals surface area contributed by atoms with Crippen LogP contribution in [-0.4, -0.2) is 50.1 Å². The molecule has 1 N–H and O–H groups in total. The van der Waals surface area contributed by atoms with Crippen molar-refractivity contribution in [2.24, 2.45) is 5.92 Å². The zero-order valence-electron chi connectivity index (χ0n) is 10.7. The summed E-state index contributed by atoms with van der Waals surface area (Å²) < 4.78 is 4.80. The highest BCUT2D eigenvalue weighted by atomic mass is 16.5. The van der Waals surface area contributed by atoms with Crippen molar-refractivity contribution in [3.63, 3.8) is 0 Å². The maximum atomic E-state index is 11.7. The third-order valence-electron chi connectivity index (χ3n) is 2.92. The van der Waals surface area contributed by atoms with Crippen molar-refractivity contribution >= 4 is 11.9 Å². The van der Waals surface area contributed by atoms with Crippen molar-refractivity contribution in [2.45, 2.75) is 26.2 Å². The molecule has 1 rings (SSSR count). The van der Waals surface area contributed by atoms with Crippen LogP contribution in [0, 0.1) is 5.92 Å². The molecule has 0 radical (unpaired) electrons. The fraction of sp³-hybridized carbons (Fsp3) is 0.833. The van der Waals surface area contributed by atoms with Crippen molar-refractivity contribution in [2.75, 3.05) is 33.3 Å². The predicted octanol–water partition coefficient (Wildman–Crippen LogP) is 0.398. The first-order chi connectivity index (χ1) is 8.13. The third kappa shape index (κ3) is 5.17. The van der Waals surface area contributed by atoms with Gasteiger partial charge in [-0.15, -0.1) is 0 Å². The molecule has 0 bridgehead atoms. The van der Waals surface area contributed by atoms with E-state index in [4.69, 9.17) is 4.74 Å². The Kier molecular flexibility index (Phi) is 5.97. The second-order valence-electron chi connectivity index (χ2n) is 4.45. The molecule has 1 unspecified atom stereocenters. The standard InChI is InChI=1S/C12H22N2O3/c1-3-17-11(15)5-4-7-13-12(16)10-6-8-14(2)9-10/h10H,3-9H2,1-2H3,(H,13,16). The maximum absolute atomic E-state index is 11.7. The Balaban J connectivity index is 2.06. The molecule has 0 aromatic carbocycles. The van der Waals surface area contributed by atoms with Crippen molar-refractivity contribution in [1.82, 2.24) is 10.2 Å². The van der Waals surface area contributed by atoms with E-state index in [9.17, 15) is 9.59 Å². The Morgan fingerprint density at radius 1 is 1.47 bits per heavy atom. The van der Waals surface area contributed by atoms with Crippen LogP contribution < -0.4 is 5.32 Å². The normalized spacial score (nSPS) is 20.2. The molecule has 17 heavy (non-hydrogen) atoms. The van der Waals surface area contributed by atoms with Gasteiger partial charge in [0.25, 0.3) is 0 Å². The van der Waals surface area contributed by atoms with Crippen molar-refractivity contribution in [3.8, 4) is 0 Å². The summed E-state index contributed by atoms with van der Waals surface area (Å²) in [7, 11) is 2.02. The Labute approximate surface area is 102 Å². The van der Waals surface area contributed by atoms with E-state index in [0.29, 0.717) is 26.0 Å². The summed E-state index contributed by atoms with van der Waals surface area (Å²) in [6, 6.07) is 0. The molecule has 1 aliphatic heterocycles. The number of carbonyl (C=O) groups is 2. The van der Waals surface area contributed by atoms with Gasteiger partial charge in [0, 0.05) is 19.5 Å². The highest BCUT2D eigenvalue weighted by Crippen LogP contribution is 2.13. The molecule has 0 spiro atoms. The fourth-order valence-corrected chi connectivity index (χ4v) is 1.97. The van der Waals surface area contributed by atoms with Gasteiger partial charge in [0.15, 0.2) is 0 Å². The third-order valence-corrected chi connectivity index (χ3v) is 2.92. The van der Waals surface area contributed by atoms with Crippen LogP contribution in [0.15, 0.2) is 0 Å². The van der Waals surface area contributed by atoms with Gasteiger partial charge in [0.05, 0.1) is 12.5 Å². The van der Waals surface area contributed by atoms with Crippen LogP contribution in [-0.2, 0) is 14.3 Å². The fourth-order valence-electron chi connectivity index (χ4n) is 1.97. The summed E-state index contributed by atoms with van der Waals surface area (Å²) in [5.74, 6) is 0.0307. The number of hydrogen-bond donors (Lipinski definition) is 1. The molecule has 98 valence electrons. The molecule has 1 fully saturated rings. The van der Waals surface area contributed by atoms with Gasteiger partial charge >= 0.3 is 5.97 Å². The number of rotatable bonds is 6. The number of hydrogen-bond acceptors (Lipinski definition) is 4. The molecule has 0 aliphatic carbocycles. The van der Waals surface area contributed by atoms with Crippen LogP contribution in [0.5, 0.6) is 0 Å². The predicted molar refractivity (Wildman–Crippen MR) is 64.5 cm³/mol. The second-order valence-corrected chi connectivity index (χ2v) is 4.45. The highest BCUT2D eigenvalue weighted by molar-refractivity contribution is 5.79. The van der Waals surface area contributed by atoms with E-state index in [2.05, 4.69) is 10.2 Å². The molecule has 0 saturated carbocycles. The summed E-state index contributed by atoms with van der Waals surface area (Å²) in [5, 5.41) is 2.87. The Hall–Kier alpha value is -1.10. The van der Waals surface area contributed by atoms with Gasteiger partial charge in [-0.1, -0.05) is 0 Å². The molecule has 5 nitrogen and oxygen atoms in total. The summed E-state index contributed by atoms with van der Waals surface area (Å²) in [6.07, 6.45) is 1.95. The molecule has 1 aliphatic rings. The lowest BCUT2D eigenvalue weighted by atomic mass is 10.1. The van der Waals surface area contributed by atoms with Crippen LogP contribution in [0.2, 0.25) is 0 Å². The molecule has 1 heterocycles. The van der Waals surface area contributed by atoms with E-state index >= 15 is 0 Å². The first kappa shape index (κ1) is 14.0. The van der Waals surface area contributed by atoms with Gasteiger partial charge in [-0.05, 0) is 33.4 Å². The Morgan fingerprint density at radius 2 is 2.24 bits per heavy atom. The molecule has 0 aromatic heterocycles. The largest absolute Gasteiger partial charge is 0.466 e. The van der Waals surface area contributed by atoms with E-state index in [0.717, 1.165) is 19.5 Å². The van der Waals surface area contributed by atoms with Gasteiger partial charge in [0.2, 0.25) is 5.91 Å². The smallest absolute Gasteiger partial charge is 0.305 e. The van der Waals surface area contributed by atoms with Crippen LogP contribution in [0.1, 0.15) is 26.2 Å². The van der Waals surface area contributed by atoms with Crippen molar-refractivity contribution in [3.05, 3.63) is 0 Å². The minimum Gasteiger partial charge on any atom is -0.466 e. The van der Waals surface area contributed by atoms with Gasteiger partial charge in [-0.25, -0.2) is 0 Å². The molecule has 1 saturated heterocycles. The van der Waals surface area contributed by atoms with Crippen molar-refractivity contribution < 1.29 is 14.3 Å². The molecular weight excluding hydrogens is 220 g/mol. The number of nitrogens with zero attached hydrogens (tertiary/aromatic N) is 1. The lowest BCUT2D eigenvalue weighted by Crippen LogP contribution is -2.33. The molecular formula is C12H22N2O3. The zero-order valence-corrected chi connectivity index (χ0v) is 10.7. The molecule has 1 atom stereocenters. The number of amides is 1. The lowest BCUT2D eigenvalue weighted by molar-refractivity contribution is -0.143. The first-order valence-electron chi connectivity index (χ1n) is 6.25. The number of nitrogens with one attached hydrogen (secondary N) is 1. The Bertz CT molecular complexity index is 268.